The van der Waals surface area contributed by atoms with Gasteiger partial charge in [-0.2, -0.15) is 0 Å². The van der Waals surface area contributed by atoms with Crippen molar-refractivity contribution >= 4 is 11.3 Å². The van der Waals surface area contributed by atoms with Gasteiger partial charge in [-0.15, -0.1) is 21.5 Å². The van der Waals surface area contributed by atoms with E-state index in [4.69, 9.17) is 0 Å². The van der Waals surface area contributed by atoms with Gasteiger partial charge in [0, 0.05) is 13.0 Å². The topological polar surface area (TPSA) is 37.8 Å². The molecule has 1 aromatic heterocycles. The highest BCUT2D eigenvalue weighted by atomic mass is 32.1. The fourth-order valence-corrected chi connectivity index (χ4v) is 2.39. The number of rotatable bonds is 8. The van der Waals surface area contributed by atoms with Gasteiger partial charge in [0.1, 0.15) is 10.0 Å². The van der Waals surface area contributed by atoms with Gasteiger partial charge in [-0.25, -0.2) is 0 Å². The summed E-state index contributed by atoms with van der Waals surface area (Å²) in [6.45, 7) is 3.09. The number of unbranched alkanes of at least 4 members (excludes halogenated alkanes) is 4. The van der Waals surface area contributed by atoms with Crippen LogP contribution in [-0.2, 0) is 13.0 Å². The summed E-state index contributed by atoms with van der Waals surface area (Å²) in [6.07, 6.45) is 7.72. The molecule has 4 heteroatoms. The van der Waals surface area contributed by atoms with Crippen LogP contribution in [0.3, 0.4) is 0 Å². The lowest BCUT2D eigenvalue weighted by atomic mass is 10.1. The van der Waals surface area contributed by atoms with Gasteiger partial charge in [-0.1, -0.05) is 32.6 Å². The van der Waals surface area contributed by atoms with Crippen molar-refractivity contribution in [3.8, 4) is 0 Å². The van der Waals surface area contributed by atoms with Crippen LogP contribution in [-0.4, -0.2) is 17.2 Å². The van der Waals surface area contributed by atoms with Crippen LogP contribution < -0.4 is 5.32 Å². The highest BCUT2D eigenvalue weighted by molar-refractivity contribution is 7.11. The van der Waals surface area contributed by atoms with Gasteiger partial charge in [0.05, 0.1) is 0 Å². The first-order valence-corrected chi connectivity index (χ1v) is 6.64. The summed E-state index contributed by atoms with van der Waals surface area (Å²) in [4.78, 5) is 0. The Balaban J connectivity index is 2.14. The molecule has 0 aliphatic heterocycles. The Morgan fingerprint density at radius 3 is 2.53 bits per heavy atom. The molecule has 1 heterocycles. The zero-order valence-electron chi connectivity index (χ0n) is 9.75. The van der Waals surface area contributed by atoms with Crippen LogP contribution in [0.25, 0.3) is 0 Å². The van der Waals surface area contributed by atoms with Crippen LogP contribution in [0.5, 0.6) is 0 Å². The Morgan fingerprint density at radius 1 is 1.07 bits per heavy atom. The van der Waals surface area contributed by atoms with Crippen LogP contribution in [0.4, 0.5) is 0 Å². The first-order chi connectivity index (χ1) is 7.36. The summed E-state index contributed by atoms with van der Waals surface area (Å²) in [5, 5.41) is 13.7. The van der Waals surface area contributed by atoms with Gasteiger partial charge in [0.25, 0.3) is 0 Å². The largest absolute Gasteiger partial charge is 0.313 e. The highest BCUT2D eigenvalue weighted by Gasteiger charge is 2.02. The number of aromatic nitrogens is 2. The number of hydrogen-bond acceptors (Lipinski definition) is 4. The van der Waals surface area contributed by atoms with E-state index in [1.165, 1.54) is 37.1 Å². The maximum absolute atomic E-state index is 4.18. The molecule has 0 aliphatic carbocycles. The van der Waals surface area contributed by atoms with Crippen molar-refractivity contribution in [3.05, 3.63) is 10.0 Å². The van der Waals surface area contributed by atoms with Crippen LogP contribution in [0.1, 0.15) is 49.0 Å². The second kappa shape index (κ2) is 7.77. The van der Waals surface area contributed by atoms with E-state index in [0.29, 0.717) is 0 Å². The monoisotopic (exact) mass is 227 g/mol. The Hall–Kier alpha value is -0.480. The molecule has 1 aromatic rings. The lowest BCUT2D eigenvalue weighted by Crippen LogP contribution is -2.04. The van der Waals surface area contributed by atoms with E-state index in [2.05, 4.69) is 22.4 Å². The van der Waals surface area contributed by atoms with Crippen molar-refractivity contribution in [3.63, 3.8) is 0 Å². The third kappa shape index (κ3) is 5.23. The van der Waals surface area contributed by atoms with Crippen molar-refractivity contribution in [1.29, 1.82) is 0 Å². The molecule has 0 saturated heterocycles. The molecule has 0 fully saturated rings. The molecule has 0 spiro atoms. The minimum atomic E-state index is 0.841. The summed E-state index contributed by atoms with van der Waals surface area (Å²) in [6, 6.07) is 0. The summed E-state index contributed by atoms with van der Waals surface area (Å²) in [5.74, 6) is 0. The Morgan fingerprint density at radius 2 is 1.80 bits per heavy atom. The van der Waals surface area contributed by atoms with Gasteiger partial charge in [0.2, 0.25) is 0 Å². The van der Waals surface area contributed by atoms with Crippen LogP contribution in [0.15, 0.2) is 0 Å². The first kappa shape index (κ1) is 12.6. The van der Waals surface area contributed by atoms with Gasteiger partial charge < -0.3 is 5.32 Å². The average molecular weight is 227 g/mol. The van der Waals surface area contributed by atoms with E-state index in [1.807, 2.05) is 7.05 Å². The van der Waals surface area contributed by atoms with E-state index in [0.717, 1.165) is 18.0 Å². The maximum atomic E-state index is 4.18. The molecule has 0 saturated carbocycles. The summed E-state index contributed by atoms with van der Waals surface area (Å²) < 4.78 is 0. The molecular formula is C11H21N3S. The summed E-state index contributed by atoms with van der Waals surface area (Å²) in [5.41, 5.74) is 0. The van der Waals surface area contributed by atoms with E-state index >= 15 is 0 Å². The molecule has 0 atom stereocenters. The molecule has 15 heavy (non-hydrogen) atoms. The molecule has 0 aliphatic rings. The van der Waals surface area contributed by atoms with E-state index in [-0.39, 0.29) is 0 Å². The Kier molecular flexibility index (Phi) is 6.52. The predicted molar refractivity (Wildman–Crippen MR) is 65.1 cm³/mol. The first-order valence-electron chi connectivity index (χ1n) is 5.82. The van der Waals surface area contributed by atoms with E-state index in [1.54, 1.807) is 11.3 Å². The standard InChI is InChI=1S/C11H21N3S/c1-3-4-5-6-7-8-10-13-14-11(15-10)9-12-2/h12H,3-9H2,1-2H3. The Bertz CT molecular complexity index is 260. The SMILES string of the molecule is CCCCCCCc1nnc(CNC)s1. The number of aryl methyl sites for hydroxylation is 1. The number of hydrogen-bond donors (Lipinski definition) is 1. The number of nitrogens with one attached hydrogen (secondary N) is 1. The molecule has 0 radical (unpaired) electrons. The molecule has 0 unspecified atom stereocenters. The highest BCUT2D eigenvalue weighted by Crippen LogP contribution is 2.13. The van der Waals surface area contributed by atoms with Crippen LogP contribution >= 0.6 is 11.3 Å². The molecule has 0 bridgehead atoms. The van der Waals surface area contributed by atoms with Gasteiger partial charge in [-0.05, 0) is 13.5 Å². The number of nitrogens with zero attached hydrogens (tertiary/aromatic N) is 2. The lowest BCUT2D eigenvalue weighted by Gasteiger charge is -1.96. The van der Waals surface area contributed by atoms with Crippen LogP contribution in [0.2, 0.25) is 0 Å². The lowest BCUT2D eigenvalue weighted by molar-refractivity contribution is 0.629. The van der Waals surface area contributed by atoms with Crippen LogP contribution in [0, 0.1) is 0 Å². The summed E-state index contributed by atoms with van der Waals surface area (Å²) in [7, 11) is 1.94. The minimum absolute atomic E-state index is 0.841. The third-order valence-corrected chi connectivity index (χ3v) is 3.31. The van der Waals surface area contributed by atoms with Crippen molar-refractivity contribution in [1.82, 2.24) is 15.5 Å². The molecule has 1 N–H and O–H groups in total. The van der Waals surface area contributed by atoms with Gasteiger partial charge >= 0.3 is 0 Å². The Labute approximate surface area is 96.3 Å². The normalized spacial score (nSPS) is 10.8. The van der Waals surface area contributed by atoms with Gasteiger partial charge in [-0.3, -0.25) is 0 Å². The fraction of sp³-hybridized carbons (Fsp3) is 0.818. The molecule has 86 valence electrons. The zero-order chi connectivity index (χ0) is 10.9. The smallest absolute Gasteiger partial charge is 0.131 e. The quantitative estimate of drug-likeness (QED) is 0.694. The van der Waals surface area contributed by atoms with Crippen molar-refractivity contribution in [2.24, 2.45) is 0 Å². The van der Waals surface area contributed by atoms with E-state index < -0.39 is 0 Å². The molecule has 3 nitrogen and oxygen atoms in total. The zero-order valence-corrected chi connectivity index (χ0v) is 10.6. The van der Waals surface area contributed by atoms with E-state index in [9.17, 15) is 0 Å². The average Bonchev–Trinajstić information content (AvgIpc) is 2.66. The molecular weight excluding hydrogens is 206 g/mol. The fourth-order valence-electron chi connectivity index (χ4n) is 1.49. The second-order valence-electron chi connectivity index (χ2n) is 3.78. The maximum Gasteiger partial charge on any atom is 0.131 e. The van der Waals surface area contributed by atoms with Crippen molar-refractivity contribution in [2.45, 2.75) is 52.0 Å². The predicted octanol–water partition coefficient (Wildman–Crippen LogP) is 2.77. The third-order valence-electron chi connectivity index (χ3n) is 2.33. The minimum Gasteiger partial charge on any atom is -0.313 e. The van der Waals surface area contributed by atoms with Crippen molar-refractivity contribution < 1.29 is 0 Å². The second-order valence-corrected chi connectivity index (χ2v) is 4.93. The molecule has 0 aromatic carbocycles. The summed E-state index contributed by atoms with van der Waals surface area (Å²) >= 11 is 1.74. The molecule has 0 amide bonds. The van der Waals surface area contributed by atoms with Crippen molar-refractivity contribution in [2.75, 3.05) is 7.05 Å². The molecule has 1 rings (SSSR count). The van der Waals surface area contributed by atoms with Gasteiger partial charge in [0.15, 0.2) is 0 Å².